The fourth-order valence-corrected chi connectivity index (χ4v) is 5.22. The summed E-state index contributed by atoms with van der Waals surface area (Å²) in [5, 5.41) is 2.51. The molecule has 0 saturated carbocycles. The molecule has 0 aliphatic heterocycles. The van der Waals surface area contributed by atoms with Gasteiger partial charge in [0.25, 0.3) is 5.24 Å². The third-order valence-electron chi connectivity index (χ3n) is 5.17. The average molecular weight is 501 g/mol. The lowest BCUT2D eigenvalue weighted by Crippen LogP contribution is -2.09. The minimum atomic E-state index is -0.309. The number of carbonyl (C=O) groups is 1. The number of thiazole rings is 1. The lowest BCUT2D eigenvalue weighted by molar-refractivity contribution is 0.269. The van der Waals surface area contributed by atoms with Gasteiger partial charge in [0.1, 0.15) is 11.5 Å². The van der Waals surface area contributed by atoms with Crippen LogP contribution in [0, 0.1) is 0 Å². The summed E-state index contributed by atoms with van der Waals surface area (Å²) in [7, 11) is 3.25. The number of para-hydroxylation sites is 1. The highest BCUT2D eigenvalue weighted by Crippen LogP contribution is 2.31. The van der Waals surface area contributed by atoms with E-state index in [2.05, 4.69) is 20.3 Å². The normalized spacial score (nSPS) is 10.8. The molecule has 0 fully saturated rings. The van der Waals surface area contributed by atoms with E-state index >= 15 is 0 Å². The molecule has 1 amide bonds. The predicted molar refractivity (Wildman–Crippen MR) is 141 cm³/mol. The predicted octanol–water partition coefficient (Wildman–Crippen LogP) is 6.76. The summed E-state index contributed by atoms with van der Waals surface area (Å²) in [4.78, 5) is 26.5. The van der Waals surface area contributed by atoms with Crippen LogP contribution in [0.3, 0.4) is 0 Å². The number of amides is 1. The third-order valence-corrected chi connectivity index (χ3v) is 7.05. The van der Waals surface area contributed by atoms with E-state index in [9.17, 15) is 4.79 Å². The second-order valence-corrected chi connectivity index (χ2v) is 9.63. The van der Waals surface area contributed by atoms with Gasteiger partial charge in [-0.3, -0.25) is 10.1 Å². The van der Waals surface area contributed by atoms with Crippen molar-refractivity contribution in [2.24, 2.45) is 0 Å². The molecular weight excluding hydrogens is 480 g/mol. The zero-order valence-electron chi connectivity index (χ0n) is 18.9. The first-order chi connectivity index (χ1) is 17.1. The molecule has 0 bridgehead atoms. The van der Waals surface area contributed by atoms with Gasteiger partial charge in [0, 0.05) is 22.9 Å². The van der Waals surface area contributed by atoms with E-state index in [1.165, 1.54) is 11.3 Å². The second-order valence-electron chi connectivity index (χ2n) is 7.38. The van der Waals surface area contributed by atoms with Crippen molar-refractivity contribution in [3.63, 3.8) is 0 Å². The van der Waals surface area contributed by atoms with E-state index in [4.69, 9.17) is 9.47 Å². The molecule has 35 heavy (non-hydrogen) atoms. The van der Waals surface area contributed by atoms with Crippen LogP contribution in [0.2, 0.25) is 0 Å². The van der Waals surface area contributed by atoms with E-state index < -0.39 is 0 Å². The Kier molecular flexibility index (Phi) is 6.60. The Balaban J connectivity index is 1.46. The van der Waals surface area contributed by atoms with E-state index in [0.29, 0.717) is 15.7 Å². The summed E-state index contributed by atoms with van der Waals surface area (Å²) in [5.41, 5.74) is 3.96. The number of fused-ring (bicyclic) bond motifs is 1. The Morgan fingerprint density at radius 3 is 1.91 bits per heavy atom. The molecule has 0 saturated heterocycles. The quantitative estimate of drug-likeness (QED) is 0.258. The molecule has 0 aliphatic carbocycles. The topological polar surface area (TPSA) is 86.2 Å². The van der Waals surface area contributed by atoms with Crippen LogP contribution in [-0.4, -0.2) is 34.4 Å². The number of aromatic nitrogens is 3. The Labute approximate surface area is 210 Å². The van der Waals surface area contributed by atoms with Crippen LogP contribution in [0.15, 0.2) is 83.2 Å². The van der Waals surface area contributed by atoms with Crippen LogP contribution in [0.4, 0.5) is 10.7 Å². The number of hydrogen-bond acceptors (Lipinski definition) is 8. The van der Waals surface area contributed by atoms with Gasteiger partial charge in [-0.25, -0.2) is 15.0 Å². The maximum atomic E-state index is 12.8. The Morgan fingerprint density at radius 2 is 1.37 bits per heavy atom. The zero-order chi connectivity index (χ0) is 24.2. The van der Waals surface area contributed by atoms with Crippen molar-refractivity contribution in [3.8, 4) is 34.0 Å². The standard InChI is InChI=1S/C26H20N4O3S2/c1-32-18-11-7-16(8-12-18)21-15-22(17-9-13-19(33-2)14-10-17)28-24(27-21)30-25(31)35-26-29-20-5-3-4-6-23(20)34-26/h3-15H,1-2H3,(H,27,28,30,31). The molecule has 174 valence electrons. The molecule has 0 atom stereocenters. The van der Waals surface area contributed by atoms with E-state index in [-0.39, 0.29) is 11.2 Å². The average Bonchev–Trinajstić information content (AvgIpc) is 3.30. The first-order valence-electron chi connectivity index (χ1n) is 10.6. The molecule has 0 spiro atoms. The lowest BCUT2D eigenvalue weighted by atomic mass is 10.1. The van der Waals surface area contributed by atoms with Gasteiger partial charge in [0.15, 0.2) is 4.34 Å². The van der Waals surface area contributed by atoms with E-state index in [0.717, 1.165) is 44.6 Å². The molecule has 2 aromatic heterocycles. The smallest absolute Gasteiger partial charge is 0.292 e. The van der Waals surface area contributed by atoms with Crippen LogP contribution in [0.1, 0.15) is 0 Å². The summed E-state index contributed by atoms with van der Waals surface area (Å²) >= 11 is 2.49. The molecule has 1 N–H and O–H groups in total. The lowest BCUT2D eigenvalue weighted by Gasteiger charge is -2.10. The Morgan fingerprint density at radius 1 is 0.800 bits per heavy atom. The largest absolute Gasteiger partial charge is 0.497 e. The highest BCUT2D eigenvalue weighted by Gasteiger charge is 2.14. The number of nitrogens with one attached hydrogen (secondary N) is 1. The molecule has 7 nitrogen and oxygen atoms in total. The van der Waals surface area contributed by atoms with Crippen molar-refractivity contribution >= 4 is 44.5 Å². The van der Waals surface area contributed by atoms with Crippen molar-refractivity contribution < 1.29 is 14.3 Å². The molecule has 2 heterocycles. The maximum Gasteiger partial charge on any atom is 0.292 e. The van der Waals surface area contributed by atoms with Crippen LogP contribution >= 0.6 is 23.1 Å². The molecule has 9 heteroatoms. The second kappa shape index (κ2) is 10.1. The zero-order valence-corrected chi connectivity index (χ0v) is 20.5. The van der Waals surface area contributed by atoms with Gasteiger partial charge in [0.2, 0.25) is 5.95 Å². The summed E-state index contributed by atoms with van der Waals surface area (Å²) < 4.78 is 12.2. The maximum absolute atomic E-state index is 12.8. The van der Waals surface area contributed by atoms with Crippen LogP contribution in [0.5, 0.6) is 11.5 Å². The molecule has 0 aliphatic rings. The van der Waals surface area contributed by atoms with Crippen LogP contribution < -0.4 is 14.8 Å². The first kappa shape index (κ1) is 22.8. The first-order valence-corrected chi connectivity index (χ1v) is 12.3. The van der Waals surface area contributed by atoms with Gasteiger partial charge >= 0.3 is 0 Å². The number of ether oxygens (including phenoxy) is 2. The van der Waals surface area contributed by atoms with E-state index in [1.54, 1.807) is 14.2 Å². The molecule has 3 aromatic carbocycles. The van der Waals surface area contributed by atoms with Crippen molar-refractivity contribution in [1.82, 2.24) is 15.0 Å². The number of benzene rings is 3. The molecule has 0 radical (unpaired) electrons. The third kappa shape index (κ3) is 5.26. The highest BCUT2D eigenvalue weighted by atomic mass is 32.2. The number of thioether (sulfide) groups is 1. The minimum absolute atomic E-state index is 0.211. The molecule has 0 unspecified atom stereocenters. The number of hydrogen-bond donors (Lipinski definition) is 1. The van der Waals surface area contributed by atoms with Gasteiger partial charge in [0.05, 0.1) is 35.8 Å². The summed E-state index contributed by atoms with van der Waals surface area (Å²) in [6.45, 7) is 0. The van der Waals surface area contributed by atoms with E-state index in [1.807, 2.05) is 78.9 Å². The monoisotopic (exact) mass is 500 g/mol. The number of nitrogens with zero attached hydrogens (tertiary/aromatic N) is 3. The van der Waals surface area contributed by atoms with Gasteiger partial charge in [-0.15, -0.1) is 11.3 Å². The Bertz CT molecular complexity index is 1390. The number of anilines is 1. The van der Waals surface area contributed by atoms with Gasteiger partial charge in [-0.2, -0.15) is 0 Å². The molecule has 5 aromatic rings. The molecule has 5 rings (SSSR count). The van der Waals surface area contributed by atoms with Gasteiger partial charge in [-0.05, 0) is 66.7 Å². The summed E-state index contributed by atoms with van der Waals surface area (Å²) in [6, 6.07) is 24.8. The van der Waals surface area contributed by atoms with Gasteiger partial charge in [-0.1, -0.05) is 12.1 Å². The number of carbonyl (C=O) groups excluding carboxylic acids is 1. The van der Waals surface area contributed by atoms with Crippen molar-refractivity contribution in [2.45, 2.75) is 4.34 Å². The minimum Gasteiger partial charge on any atom is -0.497 e. The molecular formula is C26H20N4O3S2. The fourth-order valence-electron chi connectivity index (χ4n) is 3.41. The van der Waals surface area contributed by atoms with Crippen LogP contribution in [-0.2, 0) is 0 Å². The van der Waals surface area contributed by atoms with Crippen LogP contribution in [0.25, 0.3) is 32.7 Å². The number of rotatable bonds is 6. The summed E-state index contributed by atoms with van der Waals surface area (Å²) in [6.07, 6.45) is 0. The summed E-state index contributed by atoms with van der Waals surface area (Å²) in [5.74, 6) is 1.71. The fraction of sp³-hybridized carbons (Fsp3) is 0.0769. The van der Waals surface area contributed by atoms with Crippen molar-refractivity contribution in [3.05, 3.63) is 78.9 Å². The SMILES string of the molecule is COc1ccc(-c2cc(-c3ccc(OC)cc3)nc(NC(=O)Sc3nc4ccccc4s3)n2)cc1. The number of methoxy groups -OCH3 is 2. The van der Waals surface area contributed by atoms with Gasteiger partial charge < -0.3 is 9.47 Å². The Hall–Kier alpha value is -3.95. The van der Waals surface area contributed by atoms with Crippen molar-refractivity contribution in [2.75, 3.05) is 19.5 Å². The highest BCUT2D eigenvalue weighted by molar-refractivity contribution is 8.15. The van der Waals surface area contributed by atoms with Crippen molar-refractivity contribution in [1.29, 1.82) is 0 Å².